The lowest BCUT2D eigenvalue weighted by atomic mass is 9.90. The average Bonchev–Trinajstić information content (AvgIpc) is 3.60. The normalized spacial score (nSPS) is 20.8. The minimum atomic E-state index is -0.623. The van der Waals surface area contributed by atoms with Crippen molar-refractivity contribution in [2.45, 2.75) is 56.9 Å². The molecule has 5 aromatic carbocycles. The van der Waals surface area contributed by atoms with Crippen molar-refractivity contribution < 1.29 is 28.1 Å². The van der Waals surface area contributed by atoms with Crippen molar-refractivity contribution in [3.8, 4) is 0 Å². The van der Waals surface area contributed by atoms with Gasteiger partial charge in [0.15, 0.2) is 0 Å². The lowest BCUT2D eigenvalue weighted by Gasteiger charge is -2.46. The second-order valence-corrected chi connectivity index (χ2v) is 12.3. The summed E-state index contributed by atoms with van der Waals surface area (Å²) in [7, 11) is 0. The van der Waals surface area contributed by atoms with Crippen molar-refractivity contribution in [1.82, 2.24) is 4.98 Å². The second-order valence-electron chi connectivity index (χ2n) is 12.3. The van der Waals surface area contributed by atoms with Crippen LogP contribution in [0.25, 0.3) is 10.9 Å². The molecule has 1 N–H and O–H groups in total. The number of halogens is 1. The molecule has 6 aromatic rings. The van der Waals surface area contributed by atoms with Crippen molar-refractivity contribution >= 4 is 10.9 Å². The summed E-state index contributed by atoms with van der Waals surface area (Å²) in [6.07, 6.45) is -1.08. The van der Waals surface area contributed by atoms with Gasteiger partial charge in [-0.15, -0.1) is 0 Å². The molecule has 2 heterocycles. The highest BCUT2D eigenvalue weighted by atomic mass is 19.1. The van der Waals surface area contributed by atoms with Crippen molar-refractivity contribution in [3.05, 3.63) is 179 Å². The number of nitrogens with one attached hydrogen (secondary N) is 1. The van der Waals surface area contributed by atoms with Gasteiger partial charge >= 0.3 is 0 Å². The van der Waals surface area contributed by atoms with Gasteiger partial charge in [0.2, 0.25) is 0 Å². The molecular formula is C42H40FNO5. The Morgan fingerprint density at radius 1 is 0.531 bits per heavy atom. The molecular weight excluding hydrogens is 617 g/mol. The SMILES string of the molecule is Fc1cccc2c([C@@H]3O[C@H](COCc4ccccc4)[C@@H](OCc4ccccc4)[C@H](OCc4ccccc4)[C@H]3OCc3ccccc3)c[nH]c12. The van der Waals surface area contributed by atoms with Crippen LogP contribution < -0.4 is 0 Å². The topological polar surface area (TPSA) is 61.9 Å². The highest BCUT2D eigenvalue weighted by molar-refractivity contribution is 5.84. The number of hydrogen-bond donors (Lipinski definition) is 1. The highest BCUT2D eigenvalue weighted by Gasteiger charge is 2.49. The smallest absolute Gasteiger partial charge is 0.147 e. The van der Waals surface area contributed by atoms with E-state index < -0.39 is 30.5 Å². The third-order valence-corrected chi connectivity index (χ3v) is 8.89. The predicted octanol–water partition coefficient (Wildman–Crippen LogP) is 8.72. The summed E-state index contributed by atoms with van der Waals surface area (Å²) in [5, 5.41) is 0.729. The van der Waals surface area contributed by atoms with E-state index in [4.69, 9.17) is 23.7 Å². The summed E-state index contributed by atoms with van der Waals surface area (Å²) < 4.78 is 48.7. The molecule has 0 spiro atoms. The number of aromatic nitrogens is 1. The van der Waals surface area contributed by atoms with Crippen LogP contribution in [0.2, 0.25) is 0 Å². The van der Waals surface area contributed by atoms with Crippen LogP contribution in [0.15, 0.2) is 146 Å². The van der Waals surface area contributed by atoms with Gasteiger partial charge in [-0.3, -0.25) is 0 Å². The summed E-state index contributed by atoms with van der Waals surface area (Å²) in [6.45, 7) is 1.68. The first-order valence-corrected chi connectivity index (χ1v) is 16.7. The van der Waals surface area contributed by atoms with E-state index in [2.05, 4.69) is 4.98 Å². The molecule has 0 saturated carbocycles. The summed E-state index contributed by atoms with van der Waals surface area (Å²) >= 11 is 0. The Bertz CT molecular complexity index is 1870. The molecule has 250 valence electrons. The van der Waals surface area contributed by atoms with E-state index in [9.17, 15) is 4.39 Å². The van der Waals surface area contributed by atoms with E-state index in [1.165, 1.54) is 6.07 Å². The minimum Gasteiger partial charge on any atom is -0.374 e. The Hall–Kier alpha value is -4.63. The third kappa shape index (κ3) is 8.16. The molecule has 0 unspecified atom stereocenters. The Labute approximate surface area is 286 Å². The number of benzene rings is 5. The van der Waals surface area contributed by atoms with E-state index in [-0.39, 0.29) is 12.4 Å². The van der Waals surface area contributed by atoms with Crippen LogP contribution in [-0.4, -0.2) is 36.0 Å². The van der Waals surface area contributed by atoms with Crippen LogP contribution in [0.1, 0.15) is 33.9 Å². The van der Waals surface area contributed by atoms with Gasteiger partial charge in [-0.25, -0.2) is 4.39 Å². The van der Waals surface area contributed by atoms with Gasteiger partial charge in [0, 0.05) is 17.1 Å². The molecule has 6 nitrogen and oxygen atoms in total. The van der Waals surface area contributed by atoms with Crippen LogP contribution in [0, 0.1) is 5.82 Å². The van der Waals surface area contributed by atoms with Crippen molar-refractivity contribution in [1.29, 1.82) is 0 Å². The summed E-state index contributed by atoms with van der Waals surface area (Å²) in [5.41, 5.74) is 5.34. The molecule has 5 atom stereocenters. The average molecular weight is 658 g/mol. The predicted molar refractivity (Wildman–Crippen MR) is 187 cm³/mol. The zero-order valence-electron chi connectivity index (χ0n) is 27.2. The fraction of sp³-hybridized carbons (Fsp3) is 0.238. The standard InChI is InChI=1S/C42H40FNO5/c43-36-23-13-22-34-35(24-44-38(34)36)39-41(47-27-32-18-9-3-10-19-32)42(48-28-33-20-11-4-12-21-33)40(46-26-31-16-7-2-8-17-31)37(49-39)29-45-25-30-14-5-1-6-15-30/h1-24,37,39-42,44H,25-29H2/t37-,39+,40-,41+,42+/m1/s1. The molecule has 0 amide bonds. The number of para-hydroxylation sites is 1. The van der Waals surface area contributed by atoms with Gasteiger partial charge in [0.05, 0.1) is 38.6 Å². The Morgan fingerprint density at radius 2 is 1.02 bits per heavy atom. The highest BCUT2D eigenvalue weighted by Crippen LogP contribution is 2.41. The van der Waals surface area contributed by atoms with Crippen LogP contribution in [-0.2, 0) is 50.1 Å². The van der Waals surface area contributed by atoms with E-state index in [1.54, 1.807) is 6.07 Å². The van der Waals surface area contributed by atoms with Crippen molar-refractivity contribution in [2.75, 3.05) is 6.61 Å². The zero-order chi connectivity index (χ0) is 33.3. The van der Waals surface area contributed by atoms with Crippen molar-refractivity contribution in [3.63, 3.8) is 0 Å². The quantitative estimate of drug-likeness (QED) is 0.127. The first kappa shape index (κ1) is 32.9. The fourth-order valence-electron chi connectivity index (χ4n) is 6.41. The molecule has 1 fully saturated rings. The van der Waals surface area contributed by atoms with Crippen LogP contribution in [0.4, 0.5) is 4.39 Å². The molecule has 1 aromatic heterocycles. The molecule has 0 bridgehead atoms. The molecule has 1 aliphatic heterocycles. The first-order chi connectivity index (χ1) is 24.2. The monoisotopic (exact) mass is 657 g/mol. The van der Waals surface area contributed by atoms with Gasteiger partial charge < -0.3 is 28.7 Å². The lowest BCUT2D eigenvalue weighted by molar-refractivity contribution is -0.274. The van der Waals surface area contributed by atoms with Crippen molar-refractivity contribution in [2.24, 2.45) is 0 Å². The summed E-state index contributed by atoms with van der Waals surface area (Å²) in [5.74, 6) is -0.329. The number of fused-ring (bicyclic) bond motifs is 1. The van der Waals surface area contributed by atoms with Gasteiger partial charge in [-0.2, -0.15) is 0 Å². The number of rotatable bonds is 14. The van der Waals surface area contributed by atoms with Crippen LogP contribution in [0.5, 0.6) is 0 Å². The molecule has 0 radical (unpaired) electrons. The lowest BCUT2D eigenvalue weighted by Crippen LogP contribution is -2.58. The maximum absolute atomic E-state index is 15.0. The van der Waals surface area contributed by atoms with Gasteiger partial charge in [0.25, 0.3) is 0 Å². The van der Waals surface area contributed by atoms with Gasteiger partial charge in [0.1, 0.15) is 36.3 Å². The maximum atomic E-state index is 15.0. The molecule has 49 heavy (non-hydrogen) atoms. The van der Waals surface area contributed by atoms with Gasteiger partial charge in [-0.1, -0.05) is 133 Å². The zero-order valence-corrected chi connectivity index (χ0v) is 27.2. The van der Waals surface area contributed by atoms with Crippen LogP contribution >= 0.6 is 0 Å². The van der Waals surface area contributed by atoms with Crippen LogP contribution in [0.3, 0.4) is 0 Å². The summed E-state index contributed by atoms with van der Waals surface area (Å²) in [6, 6.07) is 45.3. The van der Waals surface area contributed by atoms with E-state index >= 15 is 0 Å². The molecule has 0 aliphatic carbocycles. The number of hydrogen-bond acceptors (Lipinski definition) is 5. The Kier molecular flexibility index (Phi) is 10.9. The molecule has 1 saturated heterocycles. The maximum Gasteiger partial charge on any atom is 0.147 e. The largest absolute Gasteiger partial charge is 0.374 e. The van der Waals surface area contributed by atoms with E-state index in [0.717, 1.165) is 33.2 Å². The Morgan fingerprint density at radius 3 is 1.57 bits per heavy atom. The third-order valence-electron chi connectivity index (χ3n) is 8.89. The molecule has 1 aliphatic rings. The van der Waals surface area contributed by atoms with E-state index in [0.29, 0.717) is 31.9 Å². The second kappa shape index (κ2) is 16.2. The number of H-pyrrole nitrogens is 1. The molecule has 7 rings (SSSR count). The number of ether oxygens (including phenoxy) is 5. The van der Waals surface area contributed by atoms with E-state index in [1.807, 2.05) is 134 Å². The van der Waals surface area contributed by atoms with Gasteiger partial charge in [-0.05, 0) is 28.3 Å². The minimum absolute atomic E-state index is 0.248. The summed E-state index contributed by atoms with van der Waals surface area (Å²) in [4.78, 5) is 3.14. The number of aromatic amines is 1. The Balaban J connectivity index is 1.27. The molecule has 7 heteroatoms. The fourth-order valence-corrected chi connectivity index (χ4v) is 6.41. The first-order valence-electron chi connectivity index (χ1n) is 16.7.